The Balaban J connectivity index is 2.71. The van der Waals surface area contributed by atoms with E-state index in [4.69, 9.17) is 10.00 Å². The highest BCUT2D eigenvalue weighted by Gasteiger charge is 2.29. The van der Waals surface area contributed by atoms with Crippen LogP contribution in [0.3, 0.4) is 0 Å². The number of carbonyl (C=O) groups excluding carboxylic acids is 2. The molecule has 1 N–H and O–H groups in total. The molecule has 1 amide bonds. The molecule has 0 saturated heterocycles. The quantitative estimate of drug-likeness (QED) is 0.555. The second-order valence-corrected chi connectivity index (χ2v) is 7.91. The lowest BCUT2D eigenvalue weighted by molar-refractivity contribution is -0.123. The Bertz CT molecular complexity index is 1040. The molecule has 0 spiro atoms. The van der Waals surface area contributed by atoms with Crippen LogP contribution in [0.1, 0.15) is 60.4 Å². The number of aryl methyl sites for hydroxylation is 1. The van der Waals surface area contributed by atoms with Gasteiger partial charge in [0.1, 0.15) is 5.69 Å². The summed E-state index contributed by atoms with van der Waals surface area (Å²) in [5, 5.41) is 11.6. The highest BCUT2D eigenvalue weighted by atomic mass is 16.5. The van der Waals surface area contributed by atoms with Crippen molar-refractivity contribution in [2.45, 2.75) is 41.0 Å². The van der Waals surface area contributed by atoms with Crippen LogP contribution in [0.2, 0.25) is 0 Å². The molecule has 0 bridgehead atoms. The molecule has 0 fully saturated rings. The summed E-state index contributed by atoms with van der Waals surface area (Å²) < 4.78 is 5.42. The van der Waals surface area contributed by atoms with Gasteiger partial charge in [0, 0.05) is 22.7 Å². The number of ketones is 1. The Labute approximate surface area is 177 Å². The molecule has 6 nitrogen and oxygen atoms in total. The van der Waals surface area contributed by atoms with Crippen molar-refractivity contribution in [1.82, 2.24) is 4.98 Å². The van der Waals surface area contributed by atoms with Crippen molar-refractivity contribution in [3.05, 3.63) is 58.3 Å². The van der Waals surface area contributed by atoms with Gasteiger partial charge in [-0.05, 0) is 36.6 Å². The third-order valence-corrected chi connectivity index (χ3v) is 4.66. The Hall–Kier alpha value is -3.46. The number of nitrogens with one attached hydrogen (secondary N) is 1. The van der Waals surface area contributed by atoms with Crippen LogP contribution >= 0.6 is 0 Å². The molecule has 0 unspecified atom stereocenters. The topological polar surface area (TPSA) is 92.1 Å². The van der Waals surface area contributed by atoms with Crippen LogP contribution in [-0.2, 0) is 11.2 Å². The lowest BCUT2D eigenvalue weighted by Gasteiger charge is -2.22. The molecule has 0 radical (unpaired) electrons. The number of aromatic nitrogens is 1. The number of methoxy groups -OCH3 is 1. The van der Waals surface area contributed by atoms with Crippen molar-refractivity contribution in [3.8, 4) is 11.9 Å². The minimum atomic E-state index is -0.662. The SMILES string of the molecule is CCc1c(C)nc(OC)c(NC(=O)C(C)(C)C)c1C(=O)c1cccc(/C=C/C#N)c1. The first-order valence-electron chi connectivity index (χ1n) is 9.73. The van der Waals surface area contributed by atoms with E-state index in [1.807, 2.05) is 26.0 Å². The third-order valence-electron chi connectivity index (χ3n) is 4.66. The van der Waals surface area contributed by atoms with E-state index in [0.29, 0.717) is 23.2 Å². The van der Waals surface area contributed by atoms with E-state index >= 15 is 0 Å². The van der Waals surface area contributed by atoms with Gasteiger partial charge in [0.25, 0.3) is 0 Å². The molecule has 1 heterocycles. The molecule has 2 rings (SSSR count). The summed E-state index contributed by atoms with van der Waals surface area (Å²) in [6.07, 6.45) is 3.56. The lowest BCUT2D eigenvalue weighted by Crippen LogP contribution is -2.29. The molecule has 6 heteroatoms. The summed E-state index contributed by atoms with van der Waals surface area (Å²) in [6, 6.07) is 8.94. The Morgan fingerprint density at radius 1 is 1.30 bits per heavy atom. The largest absolute Gasteiger partial charge is 0.479 e. The number of allylic oxidation sites excluding steroid dienone is 1. The van der Waals surface area contributed by atoms with Crippen molar-refractivity contribution in [3.63, 3.8) is 0 Å². The predicted octanol–water partition coefficient (Wildman–Crippen LogP) is 4.71. The van der Waals surface area contributed by atoms with Gasteiger partial charge < -0.3 is 10.1 Å². The smallest absolute Gasteiger partial charge is 0.238 e. The molecule has 0 saturated carbocycles. The highest BCUT2D eigenvalue weighted by molar-refractivity contribution is 6.16. The lowest BCUT2D eigenvalue weighted by atomic mass is 9.92. The van der Waals surface area contributed by atoms with Gasteiger partial charge in [0.15, 0.2) is 5.78 Å². The van der Waals surface area contributed by atoms with Crippen molar-refractivity contribution in [2.75, 3.05) is 12.4 Å². The molecule has 1 aromatic heterocycles. The highest BCUT2D eigenvalue weighted by Crippen LogP contribution is 2.34. The number of pyridine rings is 1. The standard InChI is InChI=1S/C24H27N3O3/c1-7-18-15(2)26-22(30-6)20(27-23(29)24(3,4)5)19(18)21(28)17-12-8-10-16(14-17)11-9-13-25/h8-12,14H,7H2,1-6H3,(H,27,29)/b11-9+. The monoisotopic (exact) mass is 405 g/mol. The molecular formula is C24H27N3O3. The fourth-order valence-electron chi connectivity index (χ4n) is 3.02. The molecular weight excluding hydrogens is 378 g/mol. The van der Waals surface area contributed by atoms with E-state index in [1.54, 1.807) is 45.0 Å². The number of hydrogen-bond acceptors (Lipinski definition) is 5. The fourth-order valence-corrected chi connectivity index (χ4v) is 3.02. The first kappa shape index (κ1) is 22.8. The summed E-state index contributed by atoms with van der Waals surface area (Å²) in [6.45, 7) is 9.14. The summed E-state index contributed by atoms with van der Waals surface area (Å²) in [4.78, 5) is 30.8. The zero-order valence-corrected chi connectivity index (χ0v) is 18.3. The molecule has 0 aliphatic heterocycles. The van der Waals surface area contributed by atoms with Crippen molar-refractivity contribution in [2.24, 2.45) is 5.41 Å². The van der Waals surface area contributed by atoms with Crippen LogP contribution in [0.15, 0.2) is 30.3 Å². The van der Waals surface area contributed by atoms with Crippen molar-refractivity contribution in [1.29, 1.82) is 5.26 Å². The summed E-state index contributed by atoms with van der Waals surface area (Å²) in [5.41, 5.74) is 2.60. The number of amides is 1. The van der Waals surface area contributed by atoms with Crippen molar-refractivity contribution < 1.29 is 14.3 Å². The summed E-state index contributed by atoms with van der Waals surface area (Å²) >= 11 is 0. The van der Waals surface area contributed by atoms with E-state index in [2.05, 4.69) is 10.3 Å². The van der Waals surface area contributed by atoms with Crippen LogP contribution in [0.4, 0.5) is 5.69 Å². The maximum Gasteiger partial charge on any atom is 0.238 e. The molecule has 30 heavy (non-hydrogen) atoms. The van der Waals surface area contributed by atoms with E-state index in [0.717, 1.165) is 11.1 Å². The maximum absolute atomic E-state index is 13.6. The third kappa shape index (κ3) is 4.93. The second-order valence-electron chi connectivity index (χ2n) is 7.91. The van der Waals surface area contributed by atoms with Gasteiger partial charge in [-0.15, -0.1) is 0 Å². The van der Waals surface area contributed by atoms with E-state index in [1.165, 1.54) is 13.2 Å². The fraction of sp³-hybridized carbons (Fsp3) is 0.333. The van der Waals surface area contributed by atoms with Crippen LogP contribution in [0.5, 0.6) is 5.88 Å². The van der Waals surface area contributed by atoms with Gasteiger partial charge in [-0.25, -0.2) is 4.98 Å². The Kier molecular flexibility index (Phi) is 7.12. The number of hydrogen-bond donors (Lipinski definition) is 1. The molecule has 2 aromatic rings. The molecule has 0 aliphatic rings. The van der Waals surface area contributed by atoms with Gasteiger partial charge in [-0.3, -0.25) is 9.59 Å². The van der Waals surface area contributed by atoms with E-state index < -0.39 is 5.41 Å². The molecule has 0 atom stereocenters. The van der Waals surface area contributed by atoms with E-state index in [9.17, 15) is 9.59 Å². The van der Waals surface area contributed by atoms with Gasteiger partial charge in [0.05, 0.1) is 18.7 Å². The number of nitrogens with zero attached hydrogens (tertiary/aromatic N) is 2. The Morgan fingerprint density at radius 2 is 2.00 bits per heavy atom. The average molecular weight is 405 g/mol. The van der Waals surface area contributed by atoms with E-state index in [-0.39, 0.29) is 23.3 Å². The first-order valence-corrected chi connectivity index (χ1v) is 9.73. The number of nitriles is 1. The van der Waals surface area contributed by atoms with Gasteiger partial charge in [-0.2, -0.15) is 5.26 Å². The van der Waals surface area contributed by atoms with Crippen LogP contribution < -0.4 is 10.1 Å². The first-order chi connectivity index (χ1) is 14.1. The minimum Gasteiger partial charge on any atom is -0.479 e. The molecule has 1 aromatic carbocycles. The normalized spacial score (nSPS) is 11.2. The minimum absolute atomic E-state index is 0.200. The molecule has 0 aliphatic carbocycles. The Morgan fingerprint density at radius 3 is 2.57 bits per heavy atom. The maximum atomic E-state index is 13.6. The van der Waals surface area contributed by atoms with Crippen LogP contribution in [-0.4, -0.2) is 23.8 Å². The summed E-state index contributed by atoms with van der Waals surface area (Å²) in [5.74, 6) is -0.286. The average Bonchev–Trinajstić information content (AvgIpc) is 2.71. The second kappa shape index (κ2) is 9.36. The number of carbonyl (C=O) groups is 2. The van der Waals surface area contributed by atoms with Gasteiger partial charge >= 0.3 is 0 Å². The molecule has 156 valence electrons. The number of rotatable bonds is 6. The van der Waals surface area contributed by atoms with Gasteiger partial charge in [-0.1, -0.05) is 45.9 Å². The zero-order chi connectivity index (χ0) is 22.5. The van der Waals surface area contributed by atoms with Crippen LogP contribution in [0, 0.1) is 23.7 Å². The van der Waals surface area contributed by atoms with Crippen molar-refractivity contribution >= 4 is 23.5 Å². The number of anilines is 1. The number of benzene rings is 1. The van der Waals surface area contributed by atoms with Gasteiger partial charge in [0.2, 0.25) is 11.8 Å². The predicted molar refractivity (Wildman–Crippen MR) is 118 cm³/mol. The summed E-state index contributed by atoms with van der Waals surface area (Å²) in [7, 11) is 1.46. The number of ether oxygens (including phenoxy) is 1. The zero-order valence-electron chi connectivity index (χ0n) is 18.3. The van der Waals surface area contributed by atoms with Crippen LogP contribution in [0.25, 0.3) is 6.08 Å².